The average Bonchev–Trinajstić information content (AvgIpc) is 2.82. The summed E-state index contributed by atoms with van der Waals surface area (Å²) in [5.41, 5.74) is 1.48. The van der Waals surface area contributed by atoms with Gasteiger partial charge in [-0.2, -0.15) is 17.7 Å². The van der Waals surface area contributed by atoms with Crippen LogP contribution in [-0.2, 0) is 32.3 Å². The molecule has 0 amide bonds. The van der Waals surface area contributed by atoms with E-state index in [1.165, 1.54) is 24.8 Å². The topological polar surface area (TPSA) is 69.2 Å². The molecule has 0 aliphatic carbocycles. The monoisotopic (exact) mass is 436 g/mol. The minimum atomic E-state index is 0. The summed E-state index contributed by atoms with van der Waals surface area (Å²) in [5.74, 6) is 0. The number of unbranched alkanes of at least 4 members (excludes halogenated alkanes) is 1. The Balaban J connectivity index is -0.0000000956. The van der Waals surface area contributed by atoms with Crippen LogP contribution in [0.4, 0.5) is 0 Å². The third-order valence-corrected chi connectivity index (χ3v) is 1.55. The number of hydrogen-bond acceptors (Lipinski definition) is 3. The van der Waals surface area contributed by atoms with Crippen molar-refractivity contribution in [1.29, 1.82) is 0 Å². The second kappa shape index (κ2) is 30.8. The molecule has 0 aliphatic rings. The maximum absolute atomic E-state index is 8.93. The Morgan fingerprint density at radius 3 is 1.37 bits per heavy atom. The Morgan fingerprint density at radius 1 is 0.789 bits per heavy atom. The summed E-state index contributed by atoms with van der Waals surface area (Å²) in [5, 5.41) is 26.8. The van der Waals surface area contributed by atoms with Gasteiger partial charge in [-0.3, -0.25) is 0 Å². The van der Waals surface area contributed by atoms with Gasteiger partial charge in [0.05, 0.1) is 0 Å². The third-order valence-electron chi connectivity index (χ3n) is 1.55. The van der Waals surface area contributed by atoms with Crippen molar-refractivity contribution in [2.75, 3.05) is 19.8 Å². The maximum Gasteiger partial charge on any atom is 4.00 e. The molecule has 4 heteroatoms. The van der Waals surface area contributed by atoms with Crippen molar-refractivity contribution in [2.24, 2.45) is 0 Å². The Labute approximate surface area is 137 Å². The van der Waals surface area contributed by atoms with Crippen LogP contribution in [0.15, 0.2) is 24.3 Å². The minimum absolute atomic E-state index is 0. The fourth-order valence-corrected chi connectivity index (χ4v) is 0.961. The molecule has 0 fully saturated rings. The molecule has 1 rings (SSSR count). The van der Waals surface area contributed by atoms with Crippen molar-refractivity contribution in [2.45, 2.75) is 47.0 Å². The molecule has 0 bridgehead atoms. The van der Waals surface area contributed by atoms with E-state index in [-0.39, 0.29) is 45.7 Å². The van der Waals surface area contributed by atoms with Crippen molar-refractivity contribution in [3.8, 4) is 0 Å². The molecule has 0 radical (unpaired) electrons. The molecule has 0 unspecified atom stereocenters. The van der Waals surface area contributed by atoms with E-state index in [0.717, 1.165) is 0 Å². The smallest absolute Gasteiger partial charge is 0.855 e. The van der Waals surface area contributed by atoms with Crippen molar-refractivity contribution in [1.82, 2.24) is 0 Å². The van der Waals surface area contributed by atoms with Gasteiger partial charge in [0.15, 0.2) is 0 Å². The van der Waals surface area contributed by atoms with E-state index >= 15 is 0 Å². The van der Waals surface area contributed by atoms with Gasteiger partial charge in [0.1, 0.15) is 0 Å². The van der Waals surface area contributed by atoms with Gasteiger partial charge in [0.25, 0.3) is 0 Å². The quantitative estimate of drug-likeness (QED) is 0.523. The van der Waals surface area contributed by atoms with Crippen LogP contribution < -0.4 is 15.3 Å². The zero-order valence-corrected chi connectivity index (χ0v) is 16.4. The Morgan fingerprint density at radius 2 is 1.11 bits per heavy atom. The molecule has 0 aliphatic heterocycles. The average molecular weight is 435 g/mol. The molecule has 0 heterocycles. The molecule has 1 aromatic carbocycles. The van der Waals surface area contributed by atoms with Crippen LogP contribution in [0.5, 0.6) is 0 Å². The van der Waals surface area contributed by atoms with Crippen LogP contribution in [0.2, 0.25) is 0 Å². The molecule has 19 heavy (non-hydrogen) atoms. The summed E-state index contributed by atoms with van der Waals surface area (Å²) in [6, 6.07) is 8.58. The summed E-state index contributed by atoms with van der Waals surface area (Å²) in [6.07, 6.45) is 3.87. The first-order valence-electron chi connectivity index (χ1n) is 6.63. The summed E-state index contributed by atoms with van der Waals surface area (Å²) >= 11 is 0. The van der Waals surface area contributed by atoms with Crippen LogP contribution in [0.25, 0.3) is 0 Å². The van der Waals surface area contributed by atoms with Crippen LogP contribution in [-0.4, -0.2) is 19.8 Å². The largest absolute Gasteiger partial charge is 4.00 e. The van der Waals surface area contributed by atoms with Crippen molar-refractivity contribution >= 4 is 0 Å². The molecular formula is C15H28HfO3. The number of aryl methyl sites for hydroxylation is 1. The Bertz CT molecular complexity index is 185. The minimum Gasteiger partial charge on any atom is -0.855 e. The van der Waals surface area contributed by atoms with Crippen LogP contribution in [0.3, 0.4) is 0 Å². The zero-order chi connectivity index (χ0) is 14.6. The third kappa shape index (κ3) is 38.1. The molecule has 0 saturated carbocycles. The standard InChI is InChI=1S/C9H13.3C2H5O.Hf/c1-2-3-6-9-7-4-5-8-9;3*1-2-3;/h4-5,7-8H,2-3,6H2,1H3;3*2H2,1H3;/q4*-1;+4. The number of hydrogen-bond donors (Lipinski definition) is 0. The summed E-state index contributed by atoms with van der Waals surface area (Å²) in [7, 11) is 0. The van der Waals surface area contributed by atoms with Crippen LogP contribution in [0.1, 0.15) is 46.1 Å². The fraction of sp³-hybridized carbons (Fsp3) is 0.667. The molecule has 0 N–H and O–H groups in total. The van der Waals surface area contributed by atoms with Crippen LogP contribution >= 0.6 is 0 Å². The first-order chi connectivity index (χ1) is 8.67. The molecule has 3 nitrogen and oxygen atoms in total. The molecule has 1 aromatic rings. The summed E-state index contributed by atoms with van der Waals surface area (Å²) < 4.78 is 0. The second-order valence-corrected chi connectivity index (χ2v) is 3.26. The Hall–Kier alpha value is 0.100. The van der Waals surface area contributed by atoms with Gasteiger partial charge in [-0.1, -0.05) is 47.0 Å². The predicted octanol–water partition coefficient (Wildman–Crippen LogP) is 0.845. The van der Waals surface area contributed by atoms with Crippen molar-refractivity contribution in [3.05, 3.63) is 29.8 Å². The van der Waals surface area contributed by atoms with E-state index in [2.05, 4.69) is 31.2 Å². The van der Waals surface area contributed by atoms with E-state index in [4.69, 9.17) is 15.3 Å². The fourth-order valence-electron chi connectivity index (χ4n) is 0.961. The van der Waals surface area contributed by atoms with E-state index in [1.54, 1.807) is 20.8 Å². The molecular weight excluding hydrogens is 407 g/mol. The zero-order valence-electron chi connectivity index (χ0n) is 12.8. The van der Waals surface area contributed by atoms with Gasteiger partial charge in [-0.05, 0) is 0 Å². The van der Waals surface area contributed by atoms with E-state index < -0.39 is 0 Å². The summed E-state index contributed by atoms with van der Waals surface area (Å²) in [6.45, 7) is 6.93. The van der Waals surface area contributed by atoms with Gasteiger partial charge < -0.3 is 15.3 Å². The van der Waals surface area contributed by atoms with Crippen molar-refractivity contribution in [3.63, 3.8) is 0 Å². The Kier molecular flexibility index (Phi) is 44.5. The van der Waals surface area contributed by atoms with E-state index in [9.17, 15) is 0 Å². The normalized spacial score (nSPS) is 7.53. The van der Waals surface area contributed by atoms with Gasteiger partial charge in [-0.15, -0.1) is 19.8 Å². The van der Waals surface area contributed by atoms with Gasteiger partial charge >= 0.3 is 25.8 Å². The molecule has 0 saturated heterocycles. The molecule has 0 atom stereocenters. The first kappa shape index (κ1) is 27.4. The van der Waals surface area contributed by atoms with E-state index in [0.29, 0.717) is 0 Å². The molecule has 110 valence electrons. The van der Waals surface area contributed by atoms with E-state index in [1.807, 2.05) is 0 Å². The SMILES string of the molecule is CCCC[c-]1cccc1.CC[O-].CC[O-].CC[O-].[Hf+4]. The van der Waals surface area contributed by atoms with Gasteiger partial charge in [-0.25, -0.2) is 12.1 Å². The molecule has 0 aromatic heterocycles. The predicted molar refractivity (Wildman–Crippen MR) is 72.3 cm³/mol. The second-order valence-electron chi connectivity index (χ2n) is 3.26. The first-order valence-corrected chi connectivity index (χ1v) is 6.63. The maximum atomic E-state index is 8.93. The molecule has 0 spiro atoms. The van der Waals surface area contributed by atoms with Gasteiger partial charge in [0, 0.05) is 0 Å². The van der Waals surface area contributed by atoms with Crippen LogP contribution in [0, 0.1) is 0 Å². The van der Waals surface area contributed by atoms with Crippen molar-refractivity contribution < 1.29 is 41.2 Å². The van der Waals surface area contributed by atoms with Gasteiger partial charge in [0.2, 0.25) is 0 Å². The number of rotatable bonds is 3. The summed E-state index contributed by atoms with van der Waals surface area (Å²) in [4.78, 5) is 0.